The van der Waals surface area contributed by atoms with Crippen molar-refractivity contribution in [2.75, 3.05) is 10.2 Å². The molecule has 1 aromatic carbocycles. The molecule has 1 amide bonds. The van der Waals surface area contributed by atoms with Gasteiger partial charge in [-0.25, -0.2) is 4.98 Å². The van der Waals surface area contributed by atoms with Crippen LogP contribution in [0.3, 0.4) is 0 Å². The first-order valence-corrected chi connectivity index (χ1v) is 14.9. The van der Waals surface area contributed by atoms with Crippen LogP contribution in [0.5, 0.6) is 0 Å². The lowest BCUT2D eigenvalue weighted by Crippen LogP contribution is -2.43. The molecule has 2 atom stereocenters. The van der Waals surface area contributed by atoms with Crippen molar-refractivity contribution in [1.29, 1.82) is 0 Å². The van der Waals surface area contributed by atoms with Gasteiger partial charge in [-0.3, -0.25) is 4.79 Å². The van der Waals surface area contributed by atoms with Gasteiger partial charge in [0.15, 0.2) is 0 Å². The Hall–Kier alpha value is -2.58. The topological polar surface area (TPSA) is 45.2 Å². The number of anilines is 2. The fraction of sp³-hybridized carbons (Fsp3) is 0.517. The van der Waals surface area contributed by atoms with Crippen molar-refractivity contribution in [3.8, 4) is 11.5 Å². The summed E-state index contributed by atoms with van der Waals surface area (Å²) in [5.74, 6) is 4.53. The third kappa shape index (κ3) is 5.07. The quantitative estimate of drug-likeness (QED) is 0.366. The first-order valence-electron chi connectivity index (χ1n) is 12.6. The maximum absolute atomic E-state index is 12.5. The number of pyridine rings is 1. The van der Waals surface area contributed by atoms with Crippen LogP contribution in [-0.2, 0) is 4.79 Å². The molecule has 0 fully saturated rings. The first-order chi connectivity index (χ1) is 16.0. The Morgan fingerprint density at radius 1 is 1.09 bits per heavy atom. The third-order valence-electron chi connectivity index (χ3n) is 7.52. The van der Waals surface area contributed by atoms with Crippen LogP contribution in [0.1, 0.15) is 84.7 Å². The minimum Gasteiger partial charge on any atom is -0.363 e. The molecular formula is C29H41N3OSi. The molecule has 0 bridgehead atoms. The molecular weight excluding hydrogens is 434 g/mol. The molecule has 0 saturated heterocycles. The molecule has 5 heteroatoms. The predicted molar refractivity (Wildman–Crippen MR) is 147 cm³/mol. The SMILES string of the molecule is CC(=O)N1c2ccc(C#C[Si](C(C)C)(C(C)C)C(C)C)cc2C(Nc2cccc(C)n2)CC1C. The van der Waals surface area contributed by atoms with Crippen LogP contribution in [0.4, 0.5) is 11.5 Å². The van der Waals surface area contributed by atoms with Crippen molar-refractivity contribution in [2.24, 2.45) is 0 Å². The highest BCUT2D eigenvalue weighted by molar-refractivity contribution is 6.90. The number of benzene rings is 1. The van der Waals surface area contributed by atoms with Gasteiger partial charge < -0.3 is 10.2 Å². The van der Waals surface area contributed by atoms with Crippen molar-refractivity contribution in [2.45, 2.75) is 97.4 Å². The van der Waals surface area contributed by atoms with Crippen LogP contribution >= 0.6 is 0 Å². The van der Waals surface area contributed by atoms with Crippen LogP contribution in [-0.4, -0.2) is 25.0 Å². The van der Waals surface area contributed by atoms with E-state index >= 15 is 0 Å². The van der Waals surface area contributed by atoms with E-state index in [4.69, 9.17) is 0 Å². The molecule has 0 radical (unpaired) electrons. The van der Waals surface area contributed by atoms with Crippen LogP contribution in [0.25, 0.3) is 0 Å². The number of nitrogens with one attached hydrogen (secondary N) is 1. The van der Waals surface area contributed by atoms with Gasteiger partial charge in [0, 0.05) is 29.9 Å². The Labute approximate surface area is 207 Å². The molecule has 3 rings (SSSR count). The molecule has 2 unspecified atom stereocenters. The van der Waals surface area contributed by atoms with Crippen LogP contribution in [0.2, 0.25) is 16.6 Å². The second-order valence-corrected chi connectivity index (χ2v) is 16.3. The molecule has 1 N–H and O–H groups in total. The number of aryl methyl sites for hydroxylation is 1. The Morgan fingerprint density at radius 2 is 1.74 bits per heavy atom. The van der Waals surface area contributed by atoms with Gasteiger partial charge >= 0.3 is 0 Å². The highest BCUT2D eigenvalue weighted by atomic mass is 28.3. The van der Waals surface area contributed by atoms with E-state index < -0.39 is 8.07 Å². The summed E-state index contributed by atoms with van der Waals surface area (Å²) in [4.78, 5) is 19.1. The zero-order valence-corrected chi connectivity index (χ0v) is 23.4. The fourth-order valence-corrected chi connectivity index (χ4v) is 11.2. The van der Waals surface area contributed by atoms with E-state index in [0.717, 1.165) is 34.7 Å². The van der Waals surface area contributed by atoms with E-state index in [0.29, 0.717) is 16.6 Å². The Bertz CT molecular complexity index is 1070. The number of nitrogens with zero attached hydrogens (tertiary/aromatic N) is 2. The lowest BCUT2D eigenvalue weighted by Gasteiger charge is -2.39. The number of hydrogen-bond acceptors (Lipinski definition) is 3. The zero-order valence-electron chi connectivity index (χ0n) is 22.4. The molecule has 2 heterocycles. The second-order valence-electron chi connectivity index (χ2n) is 10.8. The summed E-state index contributed by atoms with van der Waals surface area (Å²) in [5, 5.41) is 3.63. The second kappa shape index (κ2) is 10.4. The summed E-state index contributed by atoms with van der Waals surface area (Å²) in [6, 6.07) is 12.6. The van der Waals surface area contributed by atoms with Gasteiger partial charge in [0.1, 0.15) is 13.9 Å². The van der Waals surface area contributed by atoms with Crippen molar-refractivity contribution < 1.29 is 4.79 Å². The summed E-state index contributed by atoms with van der Waals surface area (Å²) in [6.45, 7) is 19.8. The maximum Gasteiger partial charge on any atom is 0.224 e. The minimum absolute atomic E-state index is 0.0685. The van der Waals surface area contributed by atoms with E-state index in [9.17, 15) is 4.79 Å². The maximum atomic E-state index is 12.5. The molecule has 1 aliphatic heterocycles. The third-order valence-corrected chi connectivity index (χ3v) is 13.8. The van der Waals surface area contributed by atoms with Crippen molar-refractivity contribution in [3.63, 3.8) is 0 Å². The molecule has 2 aromatic rings. The molecule has 0 spiro atoms. The van der Waals surface area contributed by atoms with Crippen molar-refractivity contribution in [1.82, 2.24) is 4.98 Å². The van der Waals surface area contributed by atoms with E-state index in [-0.39, 0.29) is 18.0 Å². The monoisotopic (exact) mass is 475 g/mol. The normalized spacial score (nSPS) is 18.1. The number of rotatable bonds is 5. The zero-order chi connectivity index (χ0) is 25.2. The number of carbonyl (C=O) groups excluding carboxylic acids is 1. The predicted octanol–water partition coefficient (Wildman–Crippen LogP) is 7.26. The highest BCUT2D eigenvalue weighted by Crippen LogP contribution is 2.42. The smallest absolute Gasteiger partial charge is 0.224 e. The van der Waals surface area contributed by atoms with E-state index in [1.807, 2.05) is 30.0 Å². The standard InChI is InChI=1S/C29H41N3OSi/c1-19(2)34(20(3)4,21(5)6)16-15-25-13-14-28-26(18-25)27(17-23(8)32(28)24(9)33)31-29-12-10-11-22(7)30-29/h10-14,18-21,23,27H,17H2,1-9H3,(H,30,31). The highest BCUT2D eigenvalue weighted by Gasteiger charge is 2.41. The Balaban J connectivity index is 2.08. The number of fused-ring (bicyclic) bond motifs is 1. The number of carbonyl (C=O) groups is 1. The average molecular weight is 476 g/mol. The summed E-state index contributed by atoms with van der Waals surface area (Å²) < 4.78 is 0. The molecule has 4 nitrogen and oxygen atoms in total. The summed E-state index contributed by atoms with van der Waals surface area (Å²) in [7, 11) is -1.82. The van der Waals surface area contributed by atoms with Gasteiger partial charge in [0.05, 0.1) is 6.04 Å². The Morgan fingerprint density at radius 3 is 2.29 bits per heavy atom. The van der Waals surface area contributed by atoms with E-state index in [2.05, 4.69) is 88.4 Å². The molecule has 1 aliphatic rings. The first kappa shape index (κ1) is 26.0. The van der Waals surface area contributed by atoms with Gasteiger partial charge in [-0.2, -0.15) is 0 Å². The number of aromatic nitrogens is 1. The molecule has 0 saturated carbocycles. The average Bonchev–Trinajstić information content (AvgIpc) is 2.73. The molecule has 0 aliphatic carbocycles. The molecule has 182 valence electrons. The van der Waals surface area contributed by atoms with Crippen LogP contribution in [0.15, 0.2) is 36.4 Å². The van der Waals surface area contributed by atoms with Gasteiger partial charge in [0.25, 0.3) is 0 Å². The summed E-state index contributed by atoms with van der Waals surface area (Å²) in [6.07, 6.45) is 0.821. The van der Waals surface area contributed by atoms with Crippen LogP contribution < -0.4 is 10.2 Å². The van der Waals surface area contributed by atoms with Crippen molar-refractivity contribution >= 4 is 25.5 Å². The van der Waals surface area contributed by atoms with Gasteiger partial charge in [-0.05, 0) is 72.8 Å². The van der Waals surface area contributed by atoms with Gasteiger partial charge in [-0.1, -0.05) is 53.5 Å². The lowest BCUT2D eigenvalue weighted by molar-refractivity contribution is -0.117. The van der Waals surface area contributed by atoms with Crippen molar-refractivity contribution in [3.05, 3.63) is 53.2 Å². The molecule has 34 heavy (non-hydrogen) atoms. The van der Waals surface area contributed by atoms with E-state index in [1.165, 1.54) is 0 Å². The summed E-state index contributed by atoms with van der Waals surface area (Å²) in [5.41, 5.74) is 9.72. The number of amides is 1. The fourth-order valence-electron chi connectivity index (χ4n) is 5.97. The Kier molecular flexibility index (Phi) is 7.93. The largest absolute Gasteiger partial charge is 0.363 e. The lowest BCUT2D eigenvalue weighted by atomic mass is 9.90. The summed E-state index contributed by atoms with van der Waals surface area (Å²) >= 11 is 0. The number of hydrogen-bond donors (Lipinski definition) is 1. The minimum atomic E-state index is -1.82. The van der Waals surface area contributed by atoms with E-state index in [1.54, 1.807) is 6.92 Å². The van der Waals surface area contributed by atoms with Gasteiger partial charge in [-0.15, -0.1) is 5.54 Å². The van der Waals surface area contributed by atoms with Crippen LogP contribution in [0, 0.1) is 18.4 Å². The van der Waals surface area contributed by atoms with Gasteiger partial charge in [0.2, 0.25) is 5.91 Å². The molecule has 1 aromatic heterocycles.